The number of ether oxygens (including phenoxy) is 1. The van der Waals surface area contributed by atoms with Crippen LogP contribution in [-0.4, -0.2) is 19.2 Å². The van der Waals surface area contributed by atoms with Gasteiger partial charge in [-0.15, -0.1) is 12.4 Å². The summed E-state index contributed by atoms with van der Waals surface area (Å²) >= 11 is 5.88. The van der Waals surface area contributed by atoms with Crippen molar-refractivity contribution in [2.75, 3.05) is 13.2 Å². The van der Waals surface area contributed by atoms with Gasteiger partial charge in [0.15, 0.2) is 0 Å². The fourth-order valence-corrected chi connectivity index (χ4v) is 2.23. The predicted molar refractivity (Wildman–Crippen MR) is 74.5 cm³/mol. The Morgan fingerprint density at radius 2 is 2.24 bits per heavy atom. The molecular weight excluding hydrogens is 257 g/mol. The number of nitrogens with one attached hydrogen (secondary N) is 1. The first-order valence-electron chi connectivity index (χ1n) is 5.96. The van der Waals surface area contributed by atoms with E-state index in [2.05, 4.69) is 5.32 Å². The molecule has 96 valence electrons. The molecule has 1 aliphatic heterocycles. The summed E-state index contributed by atoms with van der Waals surface area (Å²) in [4.78, 5) is 0. The quantitative estimate of drug-likeness (QED) is 0.906. The maximum atomic E-state index is 5.88. The lowest BCUT2D eigenvalue weighted by Gasteiger charge is -2.23. The second-order valence-electron chi connectivity index (χ2n) is 4.24. The second-order valence-corrected chi connectivity index (χ2v) is 4.68. The van der Waals surface area contributed by atoms with Gasteiger partial charge in [-0.05, 0) is 44.0 Å². The summed E-state index contributed by atoms with van der Waals surface area (Å²) in [5, 5.41) is 4.24. The van der Waals surface area contributed by atoms with Crippen molar-refractivity contribution in [2.45, 2.75) is 31.7 Å². The van der Waals surface area contributed by atoms with Crippen LogP contribution in [0.25, 0.3) is 0 Å². The van der Waals surface area contributed by atoms with Crippen LogP contribution in [0.4, 0.5) is 0 Å². The molecule has 2 rings (SSSR count). The lowest BCUT2D eigenvalue weighted by atomic mass is 10.0. The SMILES string of the molecule is Cl.Clc1cccc(OCCC2CCCCN2)c1. The molecule has 0 amide bonds. The topological polar surface area (TPSA) is 21.3 Å². The molecule has 4 heteroatoms. The van der Waals surface area contributed by atoms with Crippen molar-refractivity contribution in [3.8, 4) is 5.75 Å². The summed E-state index contributed by atoms with van der Waals surface area (Å²) in [6, 6.07) is 8.21. The first-order valence-corrected chi connectivity index (χ1v) is 6.34. The Morgan fingerprint density at radius 3 is 2.94 bits per heavy atom. The molecule has 1 aromatic carbocycles. The van der Waals surface area contributed by atoms with Gasteiger partial charge in [0.05, 0.1) is 6.61 Å². The van der Waals surface area contributed by atoms with Crippen LogP contribution >= 0.6 is 24.0 Å². The van der Waals surface area contributed by atoms with Crippen LogP contribution in [0.2, 0.25) is 5.02 Å². The summed E-state index contributed by atoms with van der Waals surface area (Å²) in [6.45, 7) is 1.92. The summed E-state index contributed by atoms with van der Waals surface area (Å²) in [6.07, 6.45) is 5.01. The first-order chi connectivity index (χ1) is 7.84. The highest BCUT2D eigenvalue weighted by molar-refractivity contribution is 6.30. The maximum Gasteiger partial charge on any atom is 0.120 e. The van der Waals surface area contributed by atoms with Gasteiger partial charge in [-0.2, -0.15) is 0 Å². The molecule has 0 radical (unpaired) electrons. The molecule has 1 saturated heterocycles. The third kappa shape index (κ3) is 5.15. The number of rotatable bonds is 4. The van der Waals surface area contributed by atoms with E-state index in [1.165, 1.54) is 19.3 Å². The summed E-state index contributed by atoms with van der Waals surface area (Å²) in [5.74, 6) is 0.864. The summed E-state index contributed by atoms with van der Waals surface area (Å²) < 4.78 is 5.67. The molecule has 1 unspecified atom stereocenters. The highest BCUT2D eigenvalue weighted by Gasteiger charge is 2.11. The number of benzene rings is 1. The van der Waals surface area contributed by atoms with E-state index >= 15 is 0 Å². The van der Waals surface area contributed by atoms with Gasteiger partial charge in [-0.25, -0.2) is 0 Å². The minimum absolute atomic E-state index is 0. The van der Waals surface area contributed by atoms with Crippen molar-refractivity contribution in [3.63, 3.8) is 0 Å². The van der Waals surface area contributed by atoms with Gasteiger partial charge in [0, 0.05) is 11.1 Å². The number of halogens is 2. The largest absolute Gasteiger partial charge is 0.493 e. The third-order valence-corrected chi connectivity index (χ3v) is 3.18. The van der Waals surface area contributed by atoms with Gasteiger partial charge in [-0.3, -0.25) is 0 Å². The molecule has 1 atom stereocenters. The van der Waals surface area contributed by atoms with Crippen molar-refractivity contribution in [1.29, 1.82) is 0 Å². The van der Waals surface area contributed by atoms with Gasteiger partial charge in [0.25, 0.3) is 0 Å². The highest BCUT2D eigenvalue weighted by atomic mass is 35.5. The van der Waals surface area contributed by atoms with Crippen LogP contribution in [0, 0.1) is 0 Å². The number of hydrogen-bond donors (Lipinski definition) is 1. The monoisotopic (exact) mass is 275 g/mol. The van der Waals surface area contributed by atoms with Gasteiger partial charge in [0.2, 0.25) is 0 Å². The van der Waals surface area contributed by atoms with E-state index in [-0.39, 0.29) is 12.4 Å². The molecule has 0 aromatic heterocycles. The average Bonchev–Trinajstić information content (AvgIpc) is 2.30. The molecular formula is C13H19Cl2NO. The normalized spacial score (nSPS) is 19.5. The van der Waals surface area contributed by atoms with Crippen molar-refractivity contribution >= 4 is 24.0 Å². The standard InChI is InChI=1S/C13H18ClNO.ClH/c14-11-4-3-6-13(10-11)16-9-7-12-5-1-2-8-15-12;/h3-4,6,10,12,15H,1-2,5,7-9H2;1H. The molecule has 1 aliphatic rings. The predicted octanol–water partition coefficient (Wildman–Crippen LogP) is 3.67. The zero-order valence-electron chi connectivity index (χ0n) is 9.82. The van der Waals surface area contributed by atoms with E-state index in [1.807, 2.05) is 24.3 Å². The molecule has 0 saturated carbocycles. The zero-order valence-corrected chi connectivity index (χ0v) is 11.4. The minimum Gasteiger partial charge on any atom is -0.493 e. The van der Waals surface area contributed by atoms with Crippen molar-refractivity contribution < 1.29 is 4.74 Å². The van der Waals surface area contributed by atoms with Crippen molar-refractivity contribution in [2.24, 2.45) is 0 Å². The van der Waals surface area contributed by atoms with Crippen LogP contribution in [-0.2, 0) is 0 Å². The molecule has 1 aromatic rings. The Hall–Kier alpha value is -0.440. The van der Waals surface area contributed by atoms with Crippen molar-refractivity contribution in [3.05, 3.63) is 29.3 Å². The van der Waals surface area contributed by atoms with E-state index < -0.39 is 0 Å². The molecule has 0 spiro atoms. The Labute approximate surface area is 114 Å². The van der Waals surface area contributed by atoms with E-state index in [4.69, 9.17) is 16.3 Å². The highest BCUT2D eigenvalue weighted by Crippen LogP contribution is 2.18. The Morgan fingerprint density at radius 1 is 1.35 bits per heavy atom. The molecule has 0 aliphatic carbocycles. The lowest BCUT2D eigenvalue weighted by Crippen LogP contribution is -2.35. The maximum absolute atomic E-state index is 5.88. The molecule has 1 fully saturated rings. The van der Waals surface area contributed by atoms with E-state index in [0.29, 0.717) is 6.04 Å². The number of hydrogen-bond acceptors (Lipinski definition) is 2. The van der Waals surface area contributed by atoms with Gasteiger partial charge < -0.3 is 10.1 Å². The van der Waals surface area contributed by atoms with Crippen LogP contribution in [0.5, 0.6) is 5.75 Å². The Balaban J connectivity index is 0.00000144. The third-order valence-electron chi connectivity index (χ3n) is 2.94. The summed E-state index contributed by atoms with van der Waals surface area (Å²) in [5.41, 5.74) is 0. The first kappa shape index (κ1) is 14.6. The fourth-order valence-electron chi connectivity index (χ4n) is 2.05. The molecule has 2 nitrogen and oxygen atoms in total. The lowest BCUT2D eigenvalue weighted by molar-refractivity contribution is 0.268. The molecule has 1 heterocycles. The van der Waals surface area contributed by atoms with Crippen LogP contribution in [0.1, 0.15) is 25.7 Å². The van der Waals surface area contributed by atoms with E-state index in [0.717, 1.165) is 30.3 Å². The molecule has 0 bridgehead atoms. The van der Waals surface area contributed by atoms with Crippen LogP contribution < -0.4 is 10.1 Å². The zero-order chi connectivity index (χ0) is 11.2. The van der Waals surface area contributed by atoms with E-state index in [1.54, 1.807) is 0 Å². The van der Waals surface area contributed by atoms with Gasteiger partial charge in [-0.1, -0.05) is 24.1 Å². The summed E-state index contributed by atoms with van der Waals surface area (Å²) in [7, 11) is 0. The minimum atomic E-state index is 0. The van der Waals surface area contributed by atoms with Gasteiger partial charge in [0.1, 0.15) is 5.75 Å². The second kappa shape index (κ2) is 7.80. The van der Waals surface area contributed by atoms with Crippen molar-refractivity contribution in [1.82, 2.24) is 5.32 Å². The average molecular weight is 276 g/mol. The number of piperidine rings is 1. The Kier molecular flexibility index (Phi) is 6.71. The van der Waals surface area contributed by atoms with Crippen LogP contribution in [0.15, 0.2) is 24.3 Å². The molecule has 1 N–H and O–H groups in total. The Bertz CT molecular complexity index is 327. The van der Waals surface area contributed by atoms with Gasteiger partial charge >= 0.3 is 0 Å². The van der Waals surface area contributed by atoms with Crippen LogP contribution in [0.3, 0.4) is 0 Å². The smallest absolute Gasteiger partial charge is 0.120 e. The molecule has 17 heavy (non-hydrogen) atoms. The van der Waals surface area contributed by atoms with E-state index in [9.17, 15) is 0 Å². The fraction of sp³-hybridized carbons (Fsp3) is 0.538.